The van der Waals surface area contributed by atoms with E-state index in [0.717, 1.165) is 21.1 Å². The highest BCUT2D eigenvalue weighted by atomic mass is 79.9. The molecule has 1 aromatic heterocycles. The Kier molecular flexibility index (Phi) is 3.43. The largest absolute Gasteiger partial charge is 0.331 e. The minimum atomic E-state index is 0.644. The molecule has 0 aliphatic rings. The van der Waals surface area contributed by atoms with Gasteiger partial charge in [0.25, 0.3) is 0 Å². The van der Waals surface area contributed by atoms with E-state index in [4.69, 9.17) is 17.5 Å². The number of halogens is 1. The monoisotopic (exact) mass is 343 g/mol. The molecule has 0 unspecified atom stereocenters. The molecule has 5 heteroatoms. The van der Waals surface area contributed by atoms with Gasteiger partial charge in [0.1, 0.15) is 0 Å². The predicted octanol–water partition coefficient (Wildman–Crippen LogP) is 4.38. The second-order valence-electron chi connectivity index (χ2n) is 4.49. The Balaban J connectivity index is 2.10. The van der Waals surface area contributed by atoms with E-state index in [9.17, 15) is 0 Å². The van der Waals surface area contributed by atoms with E-state index >= 15 is 0 Å². The van der Waals surface area contributed by atoms with Gasteiger partial charge in [0.2, 0.25) is 0 Å². The molecular formula is C15H10BrN3S. The minimum Gasteiger partial charge on any atom is -0.331 e. The molecule has 1 heterocycles. The van der Waals surface area contributed by atoms with Crippen molar-refractivity contribution in [2.24, 2.45) is 0 Å². The highest BCUT2D eigenvalue weighted by Crippen LogP contribution is 2.21. The van der Waals surface area contributed by atoms with Gasteiger partial charge in [-0.25, -0.2) is 0 Å². The standard InChI is InChI=1S/C15H10BrN3S/c16-12-4-5-13-14(7-12)19(15(20)18-13)9-11-3-1-2-10(6-11)8-17/h1-7H,9H2,(H,18,20). The Labute approximate surface area is 129 Å². The van der Waals surface area contributed by atoms with Gasteiger partial charge in [-0.3, -0.25) is 0 Å². The Morgan fingerprint density at radius 1 is 1.25 bits per heavy atom. The van der Waals surface area contributed by atoms with Crippen LogP contribution in [0.1, 0.15) is 11.1 Å². The van der Waals surface area contributed by atoms with E-state index in [0.29, 0.717) is 16.9 Å². The van der Waals surface area contributed by atoms with Crippen LogP contribution >= 0.6 is 28.1 Å². The molecule has 20 heavy (non-hydrogen) atoms. The fraction of sp³-hybridized carbons (Fsp3) is 0.0667. The number of rotatable bonds is 2. The van der Waals surface area contributed by atoms with Crippen LogP contribution in [0.5, 0.6) is 0 Å². The molecule has 0 atom stereocenters. The number of aromatic amines is 1. The van der Waals surface area contributed by atoms with Crippen molar-refractivity contribution in [3.05, 3.63) is 62.8 Å². The van der Waals surface area contributed by atoms with Gasteiger partial charge in [0, 0.05) is 4.47 Å². The van der Waals surface area contributed by atoms with Crippen LogP contribution in [0.2, 0.25) is 0 Å². The second kappa shape index (κ2) is 5.23. The van der Waals surface area contributed by atoms with E-state index in [-0.39, 0.29) is 0 Å². The molecule has 1 N–H and O–H groups in total. The zero-order chi connectivity index (χ0) is 14.1. The molecule has 3 aromatic rings. The average Bonchev–Trinajstić information content (AvgIpc) is 2.75. The first kappa shape index (κ1) is 13.1. The zero-order valence-electron chi connectivity index (χ0n) is 10.4. The minimum absolute atomic E-state index is 0.644. The van der Waals surface area contributed by atoms with Crippen molar-refractivity contribution >= 4 is 39.2 Å². The summed E-state index contributed by atoms with van der Waals surface area (Å²) >= 11 is 8.86. The lowest BCUT2D eigenvalue weighted by Crippen LogP contribution is -1.99. The molecule has 0 bridgehead atoms. The van der Waals surface area contributed by atoms with Crippen LogP contribution in [0.15, 0.2) is 46.9 Å². The topological polar surface area (TPSA) is 44.5 Å². The van der Waals surface area contributed by atoms with Crippen molar-refractivity contribution in [3.8, 4) is 6.07 Å². The van der Waals surface area contributed by atoms with Gasteiger partial charge in [-0.2, -0.15) is 5.26 Å². The van der Waals surface area contributed by atoms with Crippen molar-refractivity contribution in [3.63, 3.8) is 0 Å². The Morgan fingerprint density at radius 2 is 2.10 bits per heavy atom. The number of benzene rings is 2. The molecule has 3 nitrogen and oxygen atoms in total. The van der Waals surface area contributed by atoms with Gasteiger partial charge in [-0.1, -0.05) is 28.1 Å². The summed E-state index contributed by atoms with van der Waals surface area (Å²) in [6.45, 7) is 0.644. The van der Waals surface area contributed by atoms with Gasteiger partial charge in [-0.15, -0.1) is 0 Å². The van der Waals surface area contributed by atoms with Crippen LogP contribution in [0.4, 0.5) is 0 Å². The lowest BCUT2D eigenvalue weighted by atomic mass is 10.1. The molecule has 0 radical (unpaired) electrons. The number of nitriles is 1. The van der Waals surface area contributed by atoms with Crippen molar-refractivity contribution < 1.29 is 0 Å². The lowest BCUT2D eigenvalue weighted by Gasteiger charge is -2.05. The van der Waals surface area contributed by atoms with E-state index < -0.39 is 0 Å². The van der Waals surface area contributed by atoms with Gasteiger partial charge in [-0.05, 0) is 48.1 Å². The summed E-state index contributed by atoms with van der Waals surface area (Å²) in [5.41, 5.74) is 3.78. The Hall–Kier alpha value is -1.90. The van der Waals surface area contributed by atoms with Crippen LogP contribution in [-0.4, -0.2) is 9.55 Å². The molecule has 3 rings (SSSR count). The van der Waals surface area contributed by atoms with E-state index in [1.807, 2.05) is 41.0 Å². The molecule has 0 aliphatic carbocycles. The second-order valence-corrected chi connectivity index (χ2v) is 5.79. The molecule has 0 spiro atoms. The summed E-state index contributed by atoms with van der Waals surface area (Å²) in [5.74, 6) is 0. The third kappa shape index (κ3) is 2.40. The summed E-state index contributed by atoms with van der Waals surface area (Å²) in [4.78, 5) is 3.20. The quantitative estimate of drug-likeness (QED) is 0.701. The van der Waals surface area contributed by atoms with E-state index in [2.05, 4.69) is 27.0 Å². The zero-order valence-corrected chi connectivity index (χ0v) is 12.8. The normalized spacial score (nSPS) is 10.6. The molecule has 0 saturated heterocycles. The molecule has 98 valence electrons. The molecule has 0 aliphatic heterocycles. The number of aromatic nitrogens is 2. The predicted molar refractivity (Wildman–Crippen MR) is 85.1 cm³/mol. The maximum absolute atomic E-state index is 8.96. The number of hydrogen-bond acceptors (Lipinski definition) is 2. The van der Waals surface area contributed by atoms with E-state index in [1.165, 1.54) is 0 Å². The first-order valence-electron chi connectivity index (χ1n) is 6.04. The first-order valence-corrected chi connectivity index (χ1v) is 7.24. The van der Waals surface area contributed by atoms with Crippen LogP contribution < -0.4 is 0 Å². The molecule has 2 aromatic carbocycles. The average molecular weight is 344 g/mol. The van der Waals surface area contributed by atoms with Crippen LogP contribution in [0, 0.1) is 16.1 Å². The maximum Gasteiger partial charge on any atom is 0.178 e. The third-order valence-electron chi connectivity index (χ3n) is 3.13. The van der Waals surface area contributed by atoms with Crippen LogP contribution in [0.25, 0.3) is 11.0 Å². The van der Waals surface area contributed by atoms with Crippen LogP contribution in [-0.2, 0) is 6.54 Å². The summed E-state index contributed by atoms with van der Waals surface area (Å²) in [6, 6.07) is 15.8. The molecule has 0 saturated carbocycles. The molecule has 0 amide bonds. The number of hydrogen-bond donors (Lipinski definition) is 1. The molecule has 0 fully saturated rings. The summed E-state index contributed by atoms with van der Waals surface area (Å²) in [7, 11) is 0. The summed E-state index contributed by atoms with van der Waals surface area (Å²) in [5, 5.41) is 8.96. The lowest BCUT2D eigenvalue weighted by molar-refractivity contribution is 0.810. The fourth-order valence-corrected chi connectivity index (χ4v) is 2.83. The summed E-state index contributed by atoms with van der Waals surface area (Å²) < 4.78 is 3.73. The van der Waals surface area contributed by atoms with Crippen molar-refractivity contribution in [2.75, 3.05) is 0 Å². The first-order chi connectivity index (χ1) is 9.67. The number of nitrogens with zero attached hydrogens (tertiary/aromatic N) is 2. The number of H-pyrrole nitrogens is 1. The third-order valence-corrected chi connectivity index (χ3v) is 3.95. The summed E-state index contributed by atoms with van der Waals surface area (Å²) in [6.07, 6.45) is 0. The number of nitrogens with one attached hydrogen (secondary N) is 1. The highest BCUT2D eigenvalue weighted by Gasteiger charge is 2.06. The number of fused-ring (bicyclic) bond motifs is 1. The highest BCUT2D eigenvalue weighted by molar-refractivity contribution is 9.10. The molecular weight excluding hydrogens is 334 g/mol. The van der Waals surface area contributed by atoms with Crippen LogP contribution in [0.3, 0.4) is 0 Å². The SMILES string of the molecule is N#Cc1cccc(Cn2c(=S)[nH]c3ccc(Br)cc32)c1. The van der Waals surface area contributed by atoms with Gasteiger partial charge >= 0.3 is 0 Å². The Morgan fingerprint density at radius 3 is 2.90 bits per heavy atom. The number of imidazole rings is 1. The van der Waals surface area contributed by atoms with Gasteiger partial charge in [0.05, 0.1) is 29.2 Å². The van der Waals surface area contributed by atoms with Crippen molar-refractivity contribution in [1.82, 2.24) is 9.55 Å². The Bertz CT molecular complexity index is 886. The maximum atomic E-state index is 8.96. The van der Waals surface area contributed by atoms with Crippen molar-refractivity contribution in [2.45, 2.75) is 6.54 Å². The fourth-order valence-electron chi connectivity index (χ4n) is 2.20. The van der Waals surface area contributed by atoms with Gasteiger partial charge in [0.15, 0.2) is 4.77 Å². The van der Waals surface area contributed by atoms with Gasteiger partial charge < -0.3 is 9.55 Å². The van der Waals surface area contributed by atoms with Crippen molar-refractivity contribution in [1.29, 1.82) is 5.26 Å². The smallest absolute Gasteiger partial charge is 0.178 e. The van der Waals surface area contributed by atoms with E-state index in [1.54, 1.807) is 6.07 Å².